The molecule has 1 heterocycles. The number of hydrogen-bond acceptors (Lipinski definition) is 4. The lowest BCUT2D eigenvalue weighted by molar-refractivity contribution is 0.137. The van der Waals surface area contributed by atoms with Crippen LogP contribution in [0.25, 0.3) is 0 Å². The highest BCUT2D eigenvalue weighted by atomic mass is 16.6. The van der Waals surface area contributed by atoms with Crippen LogP contribution in [-0.2, 0) is 4.74 Å². The third-order valence-corrected chi connectivity index (χ3v) is 2.79. The molecular weight excluding hydrogens is 220 g/mol. The fraction of sp³-hybridized carbons (Fsp3) is 0.417. The maximum atomic E-state index is 10.8. The molecule has 0 bridgehead atoms. The Kier molecular flexibility index (Phi) is 3.49. The average Bonchev–Trinajstić information content (AvgIpc) is 2.73. The van der Waals surface area contributed by atoms with Crippen molar-refractivity contribution in [3.05, 3.63) is 29.8 Å². The van der Waals surface area contributed by atoms with Crippen LogP contribution in [0.4, 0.5) is 4.79 Å². The van der Waals surface area contributed by atoms with Gasteiger partial charge in [0.15, 0.2) is 0 Å². The number of carbonyl (C=O) groups excluding carboxylic acids is 1. The molecular formula is C12H16N2O3. The van der Waals surface area contributed by atoms with Gasteiger partial charge in [0.25, 0.3) is 0 Å². The number of phenols is 1. The molecule has 0 saturated carbocycles. The Hall–Kier alpha value is -1.75. The minimum atomic E-state index is -0.353. The highest BCUT2D eigenvalue weighted by molar-refractivity contribution is 5.69. The number of phenolic OH excluding ortho intramolecular Hbond substituents is 1. The van der Waals surface area contributed by atoms with Crippen molar-refractivity contribution < 1.29 is 14.6 Å². The minimum absolute atomic E-state index is 0.109. The summed E-state index contributed by atoms with van der Waals surface area (Å²) in [5, 5.41) is 15.1. The minimum Gasteiger partial charge on any atom is -0.508 e. The van der Waals surface area contributed by atoms with Crippen LogP contribution in [-0.4, -0.2) is 30.4 Å². The average molecular weight is 236 g/mol. The zero-order valence-electron chi connectivity index (χ0n) is 9.64. The summed E-state index contributed by atoms with van der Waals surface area (Å²) in [7, 11) is 0. The SMILES string of the molecule is C[C@H](NC[C@H]1CNC(=O)O1)c1ccc(O)cc1. The molecule has 92 valence electrons. The highest BCUT2D eigenvalue weighted by Crippen LogP contribution is 2.16. The number of alkyl carbamates (subject to hydrolysis) is 1. The molecule has 1 fully saturated rings. The lowest BCUT2D eigenvalue weighted by Crippen LogP contribution is -2.31. The van der Waals surface area contributed by atoms with E-state index < -0.39 is 0 Å². The smallest absolute Gasteiger partial charge is 0.407 e. The summed E-state index contributed by atoms with van der Waals surface area (Å²) < 4.78 is 5.01. The van der Waals surface area contributed by atoms with Crippen molar-refractivity contribution in [1.29, 1.82) is 0 Å². The Morgan fingerprint density at radius 3 is 2.82 bits per heavy atom. The van der Waals surface area contributed by atoms with Gasteiger partial charge >= 0.3 is 6.09 Å². The van der Waals surface area contributed by atoms with Crippen molar-refractivity contribution in [1.82, 2.24) is 10.6 Å². The van der Waals surface area contributed by atoms with Crippen LogP contribution in [0.3, 0.4) is 0 Å². The molecule has 5 nitrogen and oxygen atoms in total. The van der Waals surface area contributed by atoms with E-state index in [-0.39, 0.29) is 24.0 Å². The highest BCUT2D eigenvalue weighted by Gasteiger charge is 2.22. The lowest BCUT2D eigenvalue weighted by atomic mass is 10.1. The van der Waals surface area contributed by atoms with Crippen molar-refractivity contribution in [3.63, 3.8) is 0 Å². The molecule has 0 spiro atoms. The summed E-state index contributed by atoms with van der Waals surface area (Å²) in [6.07, 6.45) is -0.462. The van der Waals surface area contributed by atoms with Gasteiger partial charge in [-0.25, -0.2) is 4.79 Å². The molecule has 0 unspecified atom stereocenters. The maximum absolute atomic E-state index is 10.8. The Bertz CT molecular complexity index is 391. The molecule has 1 amide bonds. The molecule has 1 aromatic rings. The summed E-state index contributed by atoms with van der Waals surface area (Å²) in [4.78, 5) is 10.8. The van der Waals surface area contributed by atoms with E-state index in [2.05, 4.69) is 10.6 Å². The first-order valence-corrected chi connectivity index (χ1v) is 5.62. The summed E-state index contributed by atoms with van der Waals surface area (Å²) in [5.41, 5.74) is 1.08. The third kappa shape index (κ3) is 3.10. The predicted molar refractivity (Wildman–Crippen MR) is 62.8 cm³/mol. The number of carbonyl (C=O) groups is 1. The van der Waals surface area contributed by atoms with Crippen LogP contribution < -0.4 is 10.6 Å². The zero-order valence-corrected chi connectivity index (χ0v) is 9.64. The molecule has 17 heavy (non-hydrogen) atoms. The predicted octanol–water partition coefficient (Wildman–Crippen LogP) is 1.15. The number of aromatic hydroxyl groups is 1. The molecule has 0 aliphatic carbocycles. The van der Waals surface area contributed by atoms with Gasteiger partial charge in [-0.15, -0.1) is 0 Å². The van der Waals surface area contributed by atoms with Crippen LogP contribution in [0.5, 0.6) is 5.75 Å². The molecule has 1 aliphatic rings. The van der Waals surface area contributed by atoms with Gasteiger partial charge in [-0.05, 0) is 24.6 Å². The number of amides is 1. The second kappa shape index (κ2) is 5.05. The summed E-state index contributed by atoms with van der Waals surface area (Å²) >= 11 is 0. The van der Waals surface area contributed by atoms with Gasteiger partial charge < -0.3 is 20.5 Å². The van der Waals surface area contributed by atoms with Gasteiger partial charge in [0.05, 0.1) is 6.54 Å². The molecule has 0 radical (unpaired) electrons. The molecule has 0 aromatic heterocycles. The van der Waals surface area contributed by atoms with E-state index in [0.717, 1.165) is 5.56 Å². The van der Waals surface area contributed by atoms with E-state index in [4.69, 9.17) is 4.74 Å². The van der Waals surface area contributed by atoms with Crippen molar-refractivity contribution >= 4 is 6.09 Å². The quantitative estimate of drug-likeness (QED) is 0.733. The third-order valence-electron chi connectivity index (χ3n) is 2.79. The first-order valence-electron chi connectivity index (χ1n) is 5.62. The summed E-state index contributed by atoms with van der Waals surface area (Å²) in [6.45, 7) is 3.19. The molecule has 1 aliphatic heterocycles. The zero-order chi connectivity index (χ0) is 12.3. The number of ether oxygens (including phenoxy) is 1. The Morgan fingerprint density at radius 1 is 1.53 bits per heavy atom. The van der Waals surface area contributed by atoms with Gasteiger partial charge in [-0.1, -0.05) is 12.1 Å². The number of nitrogens with one attached hydrogen (secondary N) is 2. The van der Waals surface area contributed by atoms with Crippen LogP contribution in [0.1, 0.15) is 18.5 Å². The number of hydrogen-bond donors (Lipinski definition) is 3. The first kappa shape index (κ1) is 11.7. The number of rotatable bonds is 4. The van der Waals surface area contributed by atoms with Crippen molar-refractivity contribution in [2.75, 3.05) is 13.1 Å². The molecule has 1 aromatic carbocycles. The van der Waals surface area contributed by atoms with Crippen LogP contribution in [0.2, 0.25) is 0 Å². The normalized spacial score (nSPS) is 20.8. The second-order valence-corrected chi connectivity index (χ2v) is 4.13. The van der Waals surface area contributed by atoms with Gasteiger partial charge in [0, 0.05) is 12.6 Å². The summed E-state index contributed by atoms with van der Waals surface area (Å²) in [5.74, 6) is 0.259. The molecule has 2 rings (SSSR count). The molecule has 1 saturated heterocycles. The van der Waals surface area contributed by atoms with E-state index in [0.29, 0.717) is 13.1 Å². The van der Waals surface area contributed by atoms with Crippen molar-refractivity contribution in [2.45, 2.75) is 19.1 Å². The first-order chi connectivity index (χ1) is 8.15. The van der Waals surface area contributed by atoms with Crippen molar-refractivity contribution in [3.8, 4) is 5.75 Å². The van der Waals surface area contributed by atoms with Gasteiger partial charge in [0.1, 0.15) is 11.9 Å². The van der Waals surface area contributed by atoms with E-state index in [9.17, 15) is 9.90 Å². The largest absolute Gasteiger partial charge is 0.508 e. The molecule has 5 heteroatoms. The van der Waals surface area contributed by atoms with Crippen LogP contribution in [0.15, 0.2) is 24.3 Å². The number of benzene rings is 1. The van der Waals surface area contributed by atoms with E-state index >= 15 is 0 Å². The second-order valence-electron chi connectivity index (χ2n) is 4.13. The monoisotopic (exact) mass is 236 g/mol. The maximum Gasteiger partial charge on any atom is 0.407 e. The topological polar surface area (TPSA) is 70.6 Å². The van der Waals surface area contributed by atoms with E-state index in [1.54, 1.807) is 12.1 Å². The standard InChI is InChI=1S/C12H16N2O3/c1-8(9-2-4-10(15)5-3-9)13-6-11-7-14-12(16)17-11/h2-5,8,11,13,15H,6-7H2,1H3,(H,14,16)/t8-,11-/m0/s1. The summed E-state index contributed by atoms with van der Waals surface area (Å²) in [6, 6.07) is 7.20. The molecule has 3 N–H and O–H groups in total. The Labute approximate surface area is 99.8 Å². The van der Waals surface area contributed by atoms with E-state index in [1.807, 2.05) is 19.1 Å². The van der Waals surface area contributed by atoms with Crippen molar-refractivity contribution in [2.24, 2.45) is 0 Å². The van der Waals surface area contributed by atoms with Crippen LogP contribution >= 0.6 is 0 Å². The lowest BCUT2D eigenvalue weighted by Gasteiger charge is -2.16. The fourth-order valence-corrected chi connectivity index (χ4v) is 1.73. The Morgan fingerprint density at radius 2 is 2.24 bits per heavy atom. The van der Waals surface area contributed by atoms with Gasteiger partial charge in [0.2, 0.25) is 0 Å². The van der Waals surface area contributed by atoms with Crippen LogP contribution in [0, 0.1) is 0 Å². The van der Waals surface area contributed by atoms with Gasteiger partial charge in [-0.2, -0.15) is 0 Å². The molecule has 2 atom stereocenters. The van der Waals surface area contributed by atoms with Gasteiger partial charge in [-0.3, -0.25) is 0 Å². The fourth-order valence-electron chi connectivity index (χ4n) is 1.73. The number of cyclic esters (lactones) is 1. The Balaban J connectivity index is 1.82. The van der Waals surface area contributed by atoms with E-state index in [1.165, 1.54) is 0 Å².